The summed E-state index contributed by atoms with van der Waals surface area (Å²) in [6, 6.07) is 6.22. The monoisotopic (exact) mass is 290 g/mol. The molecule has 0 heterocycles. The van der Waals surface area contributed by atoms with E-state index in [9.17, 15) is 19.0 Å². The first kappa shape index (κ1) is 15.0. The highest BCUT2D eigenvalue weighted by Crippen LogP contribution is 2.30. The average Bonchev–Trinajstić information content (AvgIpc) is 2.39. The minimum absolute atomic E-state index is 0.0157. The summed E-state index contributed by atoms with van der Waals surface area (Å²) in [5.74, 6) is -1.28. The van der Waals surface area contributed by atoms with Crippen molar-refractivity contribution in [3.05, 3.63) is 58.7 Å². The van der Waals surface area contributed by atoms with Gasteiger partial charge in [-0.25, -0.2) is 8.78 Å². The molecule has 0 unspecified atom stereocenters. The van der Waals surface area contributed by atoms with E-state index in [1.54, 1.807) is 6.08 Å². The molecule has 0 radical (unpaired) electrons. The first-order valence-corrected chi connectivity index (χ1v) is 6.68. The summed E-state index contributed by atoms with van der Waals surface area (Å²) >= 11 is 0. The number of hydrogen-bond acceptors (Lipinski definition) is 2. The van der Waals surface area contributed by atoms with E-state index in [-0.39, 0.29) is 11.5 Å². The maximum Gasteiger partial charge on any atom is 0.126 e. The fourth-order valence-corrected chi connectivity index (χ4v) is 2.13. The Morgan fingerprint density at radius 1 is 0.857 bits per heavy atom. The van der Waals surface area contributed by atoms with E-state index < -0.39 is 11.6 Å². The summed E-state index contributed by atoms with van der Waals surface area (Å²) in [6.07, 6.45) is 4.47. The molecule has 0 fully saturated rings. The van der Waals surface area contributed by atoms with Crippen molar-refractivity contribution in [2.75, 3.05) is 0 Å². The Bertz CT molecular complexity index is 635. The molecule has 110 valence electrons. The molecule has 0 atom stereocenters. The molecule has 4 heteroatoms. The fourth-order valence-electron chi connectivity index (χ4n) is 2.13. The van der Waals surface area contributed by atoms with E-state index in [0.29, 0.717) is 23.1 Å². The van der Waals surface area contributed by atoms with Gasteiger partial charge >= 0.3 is 0 Å². The van der Waals surface area contributed by atoms with Crippen LogP contribution < -0.4 is 0 Å². The number of rotatable bonds is 4. The van der Waals surface area contributed by atoms with E-state index >= 15 is 0 Å². The SMILES string of the molecule is CCCc1c(O)cc(/C=C\c2cc(F)cc(F)c2)cc1O. The summed E-state index contributed by atoms with van der Waals surface area (Å²) in [7, 11) is 0. The molecular formula is C17H16F2O2. The van der Waals surface area contributed by atoms with Crippen LogP contribution in [0.25, 0.3) is 12.2 Å². The Labute approximate surface area is 122 Å². The lowest BCUT2D eigenvalue weighted by Crippen LogP contribution is -1.87. The van der Waals surface area contributed by atoms with Crippen molar-refractivity contribution in [3.63, 3.8) is 0 Å². The van der Waals surface area contributed by atoms with Crippen LogP contribution in [0.1, 0.15) is 30.0 Å². The molecule has 2 nitrogen and oxygen atoms in total. The van der Waals surface area contributed by atoms with E-state index in [2.05, 4.69) is 0 Å². The van der Waals surface area contributed by atoms with Gasteiger partial charge in [0.25, 0.3) is 0 Å². The third-order valence-electron chi connectivity index (χ3n) is 3.08. The Morgan fingerprint density at radius 3 is 1.81 bits per heavy atom. The third-order valence-corrected chi connectivity index (χ3v) is 3.08. The van der Waals surface area contributed by atoms with Gasteiger partial charge in [-0.05, 0) is 41.8 Å². The van der Waals surface area contributed by atoms with Crippen LogP contribution in [-0.2, 0) is 6.42 Å². The molecular weight excluding hydrogens is 274 g/mol. The maximum atomic E-state index is 13.1. The summed E-state index contributed by atoms with van der Waals surface area (Å²) in [6.45, 7) is 1.95. The van der Waals surface area contributed by atoms with E-state index in [1.165, 1.54) is 30.3 Å². The van der Waals surface area contributed by atoms with Crippen molar-refractivity contribution in [3.8, 4) is 11.5 Å². The predicted octanol–water partition coefficient (Wildman–Crippen LogP) is 4.50. The quantitative estimate of drug-likeness (QED) is 0.814. The fraction of sp³-hybridized carbons (Fsp3) is 0.176. The zero-order chi connectivity index (χ0) is 15.4. The van der Waals surface area contributed by atoms with E-state index in [1.807, 2.05) is 6.92 Å². The lowest BCUT2D eigenvalue weighted by atomic mass is 10.0. The molecule has 0 aliphatic heterocycles. The van der Waals surface area contributed by atoms with Gasteiger partial charge in [0.05, 0.1) is 0 Å². The van der Waals surface area contributed by atoms with Gasteiger partial charge in [-0.3, -0.25) is 0 Å². The van der Waals surface area contributed by atoms with Crippen molar-refractivity contribution < 1.29 is 19.0 Å². The van der Waals surface area contributed by atoms with Crippen LogP contribution in [-0.4, -0.2) is 10.2 Å². The molecule has 2 aromatic rings. The molecule has 0 aliphatic rings. The molecule has 0 aromatic heterocycles. The van der Waals surface area contributed by atoms with Gasteiger partial charge < -0.3 is 10.2 Å². The second-order valence-electron chi connectivity index (χ2n) is 4.82. The molecule has 0 saturated carbocycles. The van der Waals surface area contributed by atoms with Crippen molar-refractivity contribution in [1.29, 1.82) is 0 Å². The van der Waals surface area contributed by atoms with E-state index in [4.69, 9.17) is 0 Å². The van der Waals surface area contributed by atoms with Crippen LogP contribution >= 0.6 is 0 Å². The molecule has 2 aromatic carbocycles. The second kappa shape index (κ2) is 6.39. The Kier molecular flexibility index (Phi) is 4.58. The number of aromatic hydroxyl groups is 2. The number of halogens is 2. The van der Waals surface area contributed by atoms with Crippen LogP contribution in [0, 0.1) is 11.6 Å². The molecule has 2 rings (SSSR count). The Morgan fingerprint density at radius 2 is 1.33 bits per heavy atom. The van der Waals surface area contributed by atoms with Crippen molar-refractivity contribution >= 4 is 12.2 Å². The zero-order valence-electron chi connectivity index (χ0n) is 11.6. The summed E-state index contributed by atoms with van der Waals surface area (Å²) in [4.78, 5) is 0. The van der Waals surface area contributed by atoms with Gasteiger partial charge in [0.2, 0.25) is 0 Å². The van der Waals surface area contributed by atoms with Crippen molar-refractivity contribution in [2.24, 2.45) is 0 Å². The predicted molar refractivity (Wildman–Crippen MR) is 79.1 cm³/mol. The van der Waals surface area contributed by atoms with Gasteiger partial charge in [0.15, 0.2) is 0 Å². The molecule has 0 saturated heterocycles. The van der Waals surface area contributed by atoms with Crippen molar-refractivity contribution in [2.45, 2.75) is 19.8 Å². The number of phenols is 2. The minimum Gasteiger partial charge on any atom is -0.508 e. The Hall–Kier alpha value is -2.36. The lowest BCUT2D eigenvalue weighted by Gasteiger charge is -2.07. The highest BCUT2D eigenvalue weighted by Gasteiger charge is 2.07. The minimum atomic E-state index is -0.654. The number of benzene rings is 2. The topological polar surface area (TPSA) is 40.5 Å². The van der Waals surface area contributed by atoms with Gasteiger partial charge in [-0.15, -0.1) is 0 Å². The van der Waals surface area contributed by atoms with Gasteiger partial charge in [0.1, 0.15) is 23.1 Å². The molecule has 0 aliphatic carbocycles. The number of phenolic OH excluding ortho intramolecular Hbond substituents is 2. The van der Waals surface area contributed by atoms with E-state index in [0.717, 1.165) is 12.5 Å². The summed E-state index contributed by atoms with van der Waals surface area (Å²) in [5, 5.41) is 19.7. The highest BCUT2D eigenvalue weighted by molar-refractivity contribution is 5.71. The van der Waals surface area contributed by atoms with Crippen LogP contribution in [0.5, 0.6) is 11.5 Å². The second-order valence-corrected chi connectivity index (χ2v) is 4.82. The lowest BCUT2D eigenvalue weighted by molar-refractivity contribution is 0.437. The summed E-state index contributed by atoms with van der Waals surface area (Å²) < 4.78 is 26.1. The van der Waals surface area contributed by atoms with Gasteiger partial charge in [-0.1, -0.05) is 25.5 Å². The zero-order valence-corrected chi connectivity index (χ0v) is 11.6. The van der Waals surface area contributed by atoms with Gasteiger partial charge in [-0.2, -0.15) is 0 Å². The van der Waals surface area contributed by atoms with Crippen LogP contribution in [0.2, 0.25) is 0 Å². The standard InChI is InChI=1S/C17H16F2O2/c1-2-3-15-16(20)8-12(9-17(15)21)5-4-11-6-13(18)10-14(19)7-11/h4-10,20-21H,2-3H2,1H3/b5-4-. The molecule has 2 N–H and O–H groups in total. The molecule has 0 amide bonds. The van der Waals surface area contributed by atoms with Gasteiger partial charge in [0, 0.05) is 11.6 Å². The van der Waals surface area contributed by atoms with Crippen molar-refractivity contribution in [1.82, 2.24) is 0 Å². The van der Waals surface area contributed by atoms with Crippen LogP contribution in [0.15, 0.2) is 30.3 Å². The van der Waals surface area contributed by atoms with Crippen LogP contribution in [0.4, 0.5) is 8.78 Å². The molecule has 0 spiro atoms. The Balaban J connectivity index is 2.29. The molecule has 21 heavy (non-hydrogen) atoms. The smallest absolute Gasteiger partial charge is 0.126 e. The highest BCUT2D eigenvalue weighted by atomic mass is 19.1. The summed E-state index contributed by atoms with van der Waals surface area (Å²) in [5.41, 5.74) is 1.42. The first-order chi connectivity index (χ1) is 9.99. The first-order valence-electron chi connectivity index (χ1n) is 6.68. The average molecular weight is 290 g/mol. The third kappa shape index (κ3) is 3.81. The maximum absolute atomic E-state index is 13.1. The normalized spacial score (nSPS) is 11.2. The number of hydrogen-bond donors (Lipinski definition) is 2. The molecule has 0 bridgehead atoms. The largest absolute Gasteiger partial charge is 0.508 e. The van der Waals surface area contributed by atoms with Crippen LogP contribution in [0.3, 0.4) is 0 Å².